The number of ether oxygens (including phenoxy) is 1. The van der Waals surface area contributed by atoms with Gasteiger partial charge in [-0.15, -0.1) is 0 Å². The van der Waals surface area contributed by atoms with Crippen LogP contribution in [0.25, 0.3) is 0 Å². The number of hydrogen-bond donors (Lipinski definition) is 1. The highest BCUT2D eigenvalue weighted by atomic mass is 16.5. The quantitative estimate of drug-likeness (QED) is 0.742. The van der Waals surface area contributed by atoms with E-state index in [0.29, 0.717) is 12.5 Å². The zero-order valence-corrected chi connectivity index (χ0v) is 11.4. The van der Waals surface area contributed by atoms with Crippen LogP contribution in [-0.2, 0) is 16.8 Å². The fraction of sp³-hybridized carbons (Fsp3) is 0.769. The van der Waals surface area contributed by atoms with Gasteiger partial charge >= 0.3 is 0 Å². The molecule has 4 heteroatoms. The zero-order valence-electron chi connectivity index (χ0n) is 11.4. The first-order valence-electron chi connectivity index (χ1n) is 6.28. The summed E-state index contributed by atoms with van der Waals surface area (Å²) in [6.07, 6.45) is 4.75. The Morgan fingerprint density at radius 1 is 1.41 bits per heavy atom. The summed E-state index contributed by atoms with van der Waals surface area (Å²) < 4.78 is 7.66. The maximum atomic E-state index is 6.07. The SMILES string of the molecule is CC(C)CCOCCn1cncc1C(C)(C)N. The van der Waals surface area contributed by atoms with Crippen molar-refractivity contribution in [3.63, 3.8) is 0 Å². The van der Waals surface area contributed by atoms with E-state index < -0.39 is 0 Å². The van der Waals surface area contributed by atoms with Crippen molar-refractivity contribution in [3.05, 3.63) is 18.2 Å². The first kappa shape index (κ1) is 14.2. The molecule has 0 fully saturated rings. The highest BCUT2D eigenvalue weighted by Crippen LogP contribution is 2.15. The third-order valence-electron chi connectivity index (χ3n) is 2.69. The number of nitrogens with two attached hydrogens (primary N) is 1. The van der Waals surface area contributed by atoms with Gasteiger partial charge in [0.25, 0.3) is 0 Å². The highest BCUT2D eigenvalue weighted by Gasteiger charge is 2.18. The Labute approximate surface area is 104 Å². The van der Waals surface area contributed by atoms with Crippen molar-refractivity contribution in [1.82, 2.24) is 9.55 Å². The van der Waals surface area contributed by atoms with Crippen LogP contribution in [0.2, 0.25) is 0 Å². The lowest BCUT2D eigenvalue weighted by Gasteiger charge is -2.20. The summed E-state index contributed by atoms with van der Waals surface area (Å²) in [5.74, 6) is 0.696. The minimum absolute atomic E-state index is 0.353. The van der Waals surface area contributed by atoms with Gasteiger partial charge in [-0.05, 0) is 26.2 Å². The predicted molar refractivity (Wildman–Crippen MR) is 69.7 cm³/mol. The minimum Gasteiger partial charge on any atom is -0.380 e. The summed E-state index contributed by atoms with van der Waals surface area (Å²) >= 11 is 0. The maximum Gasteiger partial charge on any atom is 0.0949 e. The molecule has 98 valence electrons. The van der Waals surface area contributed by atoms with Crippen molar-refractivity contribution in [3.8, 4) is 0 Å². The molecular formula is C13H25N3O. The standard InChI is InChI=1S/C13H25N3O/c1-11(2)5-7-17-8-6-16-10-15-9-12(16)13(3,4)14/h9-11H,5-8,14H2,1-4H3. The molecule has 0 aromatic carbocycles. The van der Waals surface area contributed by atoms with E-state index in [2.05, 4.69) is 23.4 Å². The number of imidazole rings is 1. The van der Waals surface area contributed by atoms with Crippen molar-refractivity contribution in [2.24, 2.45) is 11.7 Å². The number of hydrogen-bond acceptors (Lipinski definition) is 3. The highest BCUT2D eigenvalue weighted by molar-refractivity contribution is 5.09. The van der Waals surface area contributed by atoms with Crippen LogP contribution in [0.15, 0.2) is 12.5 Å². The molecule has 0 amide bonds. The number of aromatic nitrogens is 2. The lowest BCUT2D eigenvalue weighted by Crippen LogP contribution is -2.32. The fourth-order valence-electron chi connectivity index (χ4n) is 1.62. The summed E-state index contributed by atoms with van der Waals surface area (Å²) in [7, 11) is 0. The Balaban J connectivity index is 2.35. The molecule has 17 heavy (non-hydrogen) atoms. The van der Waals surface area contributed by atoms with E-state index in [1.165, 1.54) is 0 Å². The van der Waals surface area contributed by atoms with Crippen LogP contribution < -0.4 is 5.73 Å². The Kier molecular flexibility index (Phi) is 5.15. The topological polar surface area (TPSA) is 53.1 Å². The molecule has 0 aliphatic carbocycles. The monoisotopic (exact) mass is 239 g/mol. The van der Waals surface area contributed by atoms with Crippen molar-refractivity contribution in [2.45, 2.75) is 46.2 Å². The fourth-order valence-corrected chi connectivity index (χ4v) is 1.62. The third-order valence-corrected chi connectivity index (χ3v) is 2.69. The Morgan fingerprint density at radius 3 is 2.71 bits per heavy atom. The van der Waals surface area contributed by atoms with Gasteiger partial charge in [-0.3, -0.25) is 0 Å². The predicted octanol–water partition coefficient (Wildman–Crippen LogP) is 2.14. The van der Waals surface area contributed by atoms with Crippen LogP contribution in [0, 0.1) is 5.92 Å². The Bertz CT molecular complexity index is 326. The smallest absolute Gasteiger partial charge is 0.0949 e. The van der Waals surface area contributed by atoms with E-state index in [9.17, 15) is 0 Å². The first-order valence-corrected chi connectivity index (χ1v) is 6.28. The van der Waals surface area contributed by atoms with Crippen LogP contribution in [0.3, 0.4) is 0 Å². The molecule has 1 heterocycles. The lowest BCUT2D eigenvalue weighted by atomic mass is 10.0. The van der Waals surface area contributed by atoms with E-state index in [-0.39, 0.29) is 5.54 Å². The van der Waals surface area contributed by atoms with Crippen LogP contribution in [-0.4, -0.2) is 22.8 Å². The van der Waals surface area contributed by atoms with Crippen LogP contribution in [0.4, 0.5) is 0 Å². The van der Waals surface area contributed by atoms with Gasteiger partial charge in [-0.1, -0.05) is 13.8 Å². The molecule has 0 radical (unpaired) electrons. The van der Waals surface area contributed by atoms with Crippen molar-refractivity contribution >= 4 is 0 Å². The Morgan fingerprint density at radius 2 is 2.12 bits per heavy atom. The van der Waals surface area contributed by atoms with Gasteiger partial charge < -0.3 is 15.0 Å². The summed E-state index contributed by atoms with van der Waals surface area (Å²) in [6, 6.07) is 0. The molecule has 0 unspecified atom stereocenters. The van der Waals surface area contributed by atoms with Gasteiger partial charge in [0.1, 0.15) is 0 Å². The van der Waals surface area contributed by atoms with Crippen LogP contribution >= 0.6 is 0 Å². The van der Waals surface area contributed by atoms with Gasteiger partial charge in [0.05, 0.1) is 24.2 Å². The molecule has 0 atom stereocenters. The molecular weight excluding hydrogens is 214 g/mol. The average Bonchev–Trinajstić information content (AvgIpc) is 2.64. The average molecular weight is 239 g/mol. The molecule has 0 spiro atoms. The van der Waals surface area contributed by atoms with E-state index >= 15 is 0 Å². The molecule has 1 aromatic heterocycles. The summed E-state index contributed by atoms with van der Waals surface area (Å²) in [4.78, 5) is 4.14. The lowest BCUT2D eigenvalue weighted by molar-refractivity contribution is 0.115. The van der Waals surface area contributed by atoms with E-state index in [4.69, 9.17) is 10.5 Å². The molecule has 1 rings (SSSR count). The first-order chi connectivity index (χ1) is 7.91. The third kappa shape index (κ3) is 4.88. The Hall–Kier alpha value is -0.870. The minimum atomic E-state index is -0.353. The van der Waals surface area contributed by atoms with Crippen molar-refractivity contribution in [1.29, 1.82) is 0 Å². The number of nitrogens with zero attached hydrogens (tertiary/aromatic N) is 2. The molecule has 0 saturated heterocycles. The largest absolute Gasteiger partial charge is 0.380 e. The van der Waals surface area contributed by atoms with E-state index in [1.54, 1.807) is 0 Å². The van der Waals surface area contributed by atoms with Gasteiger partial charge in [0.15, 0.2) is 0 Å². The molecule has 2 N–H and O–H groups in total. The summed E-state index contributed by atoms with van der Waals surface area (Å²) in [5, 5.41) is 0. The van der Waals surface area contributed by atoms with Crippen LogP contribution in [0.5, 0.6) is 0 Å². The van der Waals surface area contributed by atoms with Gasteiger partial charge in [-0.2, -0.15) is 0 Å². The molecule has 0 aliphatic heterocycles. The second-order valence-corrected chi connectivity index (χ2v) is 5.49. The summed E-state index contributed by atoms with van der Waals surface area (Å²) in [5.41, 5.74) is 6.76. The van der Waals surface area contributed by atoms with Gasteiger partial charge in [-0.25, -0.2) is 4.98 Å². The van der Waals surface area contributed by atoms with E-state index in [1.807, 2.05) is 26.4 Å². The normalized spacial score (nSPS) is 12.4. The molecule has 1 aromatic rings. The van der Waals surface area contributed by atoms with Gasteiger partial charge in [0, 0.05) is 19.3 Å². The van der Waals surface area contributed by atoms with Crippen molar-refractivity contribution in [2.75, 3.05) is 13.2 Å². The molecule has 0 saturated carbocycles. The molecule has 4 nitrogen and oxygen atoms in total. The number of rotatable bonds is 7. The second kappa shape index (κ2) is 6.17. The van der Waals surface area contributed by atoms with Gasteiger partial charge in [0.2, 0.25) is 0 Å². The zero-order chi connectivity index (χ0) is 12.9. The molecule has 0 bridgehead atoms. The second-order valence-electron chi connectivity index (χ2n) is 5.49. The summed E-state index contributed by atoms with van der Waals surface area (Å²) in [6.45, 7) is 10.7. The van der Waals surface area contributed by atoms with Crippen LogP contribution in [0.1, 0.15) is 39.8 Å². The van der Waals surface area contributed by atoms with E-state index in [0.717, 1.165) is 25.3 Å². The maximum absolute atomic E-state index is 6.07. The molecule has 0 aliphatic rings. The van der Waals surface area contributed by atoms with Crippen molar-refractivity contribution < 1.29 is 4.74 Å².